The van der Waals surface area contributed by atoms with E-state index in [9.17, 15) is 4.79 Å². The van der Waals surface area contributed by atoms with E-state index in [4.69, 9.17) is 5.11 Å². The van der Waals surface area contributed by atoms with Crippen molar-refractivity contribution in [2.45, 2.75) is 19.5 Å². The predicted molar refractivity (Wildman–Crippen MR) is 64.8 cm³/mol. The third-order valence-corrected chi connectivity index (χ3v) is 2.66. The molecule has 0 aliphatic heterocycles. The number of rotatable bonds is 5. The molecule has 0 saturated heterocycles. The van der Waals surface area contributed by atoms with Crippen molar-refractivity contribution in [2.24, 2.45) is 0 Å². The number of nitrogens with one attached hydrogen (secondary N) is 1. The smallest absolute Gasteiger partial charge is 0.322 e. The number of imidazole rings is 1. The van der Waals surface area contributed by atoms with Crippen molar-refractivity contribution in [1.82, 2.24) is 14.9 Å². The zero-order chi connectivity index (χ0) is 12.3. The van der Waals surface area contributed by atoms with Gasteiger partial charge in [-0.1, -0.05) is 19.1 Å². The zero-order valence-corrected chi connectivity index (χ0v) is 9.63. The van der Waals surface area contributed by atoms with Gasteiger partial charge in [0, 0.05) is 0 Å². The highest BCUT2D eigenvalue weighted by molar-refractivity contribution is 5.76. The van der Waals surface area contributed by atoms with Crippen molar-refractivity contribution in [3.05, 3.63) is 30.6 Å². The first-order valence-electron chi connectivity index (χ1n) is 5.58. The van der Waals surface area contributed by atoms with Crippen LogP contribution in [0.2, 0.25) is 0 Å². The number of hydrogen-bond donors (Lipinski definition) is 2. The number of hydrogen-bond acceptors (Lipinski definition) is 3. The van der Waals surface area contributed by atoms with Crippen LogP contribution in [-0.4, -0.2) is 33.2 Å². The van der Waals surface area contributed by atoms with Crippen LogP contribution in [0.25, 0.3) is 11.0 Å². The fraction of sp³-hybridized carbons (Fsp3) is 0.333. The first-order valence-corrected chi connectivity index (χ1v) is 5.58. The zero-order valence-electron chi connectivity index (χ0n) is 9.63. The van der Waals surface area contributed by atoms with Gasteiger partial charge in [0.05, 0.1) is 23.9 Å². The molecule has 1 atom stereocenters. The third kappa shape index (κ3) is 2.45. The van der Waals surface area contributed by atoms with Crippen LogP contribution in [-0.2, 0) is 11.3 Å². The molecule has 0 saturated carbocycles. The first kappa shape index (κ1) is 11.6. The number of nitrogens with zero attached hydrogens (tertiary/aromatic N) is 2. The number of carboxylic acids is 1. The second-order valence-electron chi connectivity index (χ2n) is 3.83. The van der Waals surface area contributed by atoms with E-state index in [0.29, 0.717) is 13.1 Å². The van der Waals surface area contributed by atoms with Gasteiger partial charge in [0.15, 0.2) is 0 Å². The van der Waals surface area contributed by atoms with Crippen LogP contribution < -0.4 is 5.32 Å². The minimum atomic E-state index is -0.843. The summed E-state index contributed by atoms with van der Waals surface area (Å²) in [5, 5.41) is 12.0. The Morgan fingerprint density at radius 1 is 1.53 bits per heavy atom. The fourth-order valence-corrected chi connectivity index (χ4v) is 1.83. The Kier molecular flexibility index (Phi) is 3.39. The maximum atomic E-state index is 11.1. The lowest BCUT2D eigenvalue weighted by Gasteiger charge is -2.14. The minimum Gasteiger partial charge on any atom is -0.480 e. The average Bonchev–Trinajstić information content (AvgIpc) is 2.72. The van der Waals surface area contributed by atoms with Crippen LogP contribution in [0.5, 0.6) is 0 Å². The average molecular weight is 233 g/mol. The summed E-state index contributed by atoms with van der Waals surface area (Å²) in [4.78, 5) is 15.3. The van der Waals surface area contributed by atoms with Crippen LogP contribution in [0, 0.1) is 0 Å². The fourth-order valence-electron chi connectivity index (χ4n) is 1.83. The normalized spacial score (nSPS) is 12.8. The molecule has 0 radical (unpaired) electrons. The molecule has 0 amide bonds. The summed E-state index contributed by atoms with van der Waals surface area (Å²) in [6.07, 6.45) is 1.68. The van der Waals surface area contributed by atoms with E-state index < -0.39 is 12.0 Å². The Hall–Kier alpha value is -1.88. The Balaban J connectivity index is 2.25. The number of likely N-dealkylation sites (N-methyl/N-ethyl adjacent to an activating group) is 1. The molecule has 2 rings (SSSR count). The van der Waals surface area contributed by atoms with E-state index in [1.807, 2.05) is 35.8 Å². The Labute approximate surface area is 99.1 Å². The van der Waals surface area contributed by atoms with Crippen LogP contribution in [0.15, 0.2) is 30.6 Å². The summed E-state index contributed by atoms with van der Waals surface area (Å²) in [6, 6.07) is 7.10. The van der Waals surface area contributed by atoms with Gasteiger partial charge in [-0.25, -0.2) is 4.98 Å². The highest BCUT2D eigenvalue weighted by atomic mass is 16.4. The minimum absolute atomic E-state index is 0.379. The van der Waals surface area contributed by atoms with Crippen molar-refractivity contribution in [1.29, 1.82) is 0 Å². The molecule has 0 aliphatic carbocycles. The summed E-state index contributed by atoms with van der Waals surface area (Å²) < 4.78 is 1.86. The van der Waals surface area contributed by atoms with Crippen LogP contribution in [0.4, 0.5) is 0 Å². The molecule has 0 spiro atoms. The lowest BCUT2D eigenvalue weighted by Crippen LogP contribution is -2.39. The van der Waals surface area contributed by atoms with E-state index >= 15 is 0 Å². The van der Waals surface area contributed by atoms with E-state index in [-0.39, 0.29) is 0 Å². The highest BCUT2D eigenvalue weighted by Crippen LogP contribution is 2.12. The summed E-state index contributed by atoms with van der Waals surface area (Å²) in [7, 11) is 0. The summed E-state index contributed by atoms with van der Waals surface area (Å²) in [5.41, 5.74) is 1.84. The molecule has 17 heavy (non-hydrogen) atoms. The number of carbonyl (C=O) groups is 1. The molecule has 90 valence electrons. The Morgan fingerprint density at radius 3 is 3.00 bits per heavy atom. The number of fused-ring (bicyclic) bond motifs is 1. The van der Waals surface area contributed by atoms with Gasteiger partial charge in [-0.15, -0.1) is 0 Å². The summed E-state index contributed by atoms with van der Waals surface area (Å²) in [6.45, 7) is 2.90. The maximum Gasteiger partial charge on any atom is 0.322 e. The van der Waals surface area contributed by atoms with Crippen LogP contribution in [0.3, 0.4) is 0 Å². The SMILES string of the molecule is CCNC(Cn1cnc2ccccc21)C(=O)O. The molecule has 1 aromatic heterocycles. The van der Waals surface area contributed by atoms with E-state index in [2.05, 4.69) is 10.3 Å². The van der Waals surface area contributed by atoms with E-state index in [1.165, 1.54) is 0 Å². The standard InChI is InChI=1S/C12H15N3O2/c1-2-13-10(12(16)17)7-15-8-14-9-5-3-4-6-11(9)15/h3-6,8,10,13H,2,7H2,1H3,(H,16,17). The Bertz CT molecular complexity index is 521. The molecule has 5 nitrogen and oxygen atoms in total. The van der Waals surface area contributed by atoms with Crippen molar-refractivity contribution in [2.75, 3.05) is 6.54 Å². The van der Waals surface area contributed by atoms with Crippen molar-refractivity contribution < 1.29 is 9.90 Å². The predicted octanol–water partition coefficient (Wildman–Crippen LogP) is 1.10. The Morgan fingerprint density at radius 2 is 2.29 bits per heavy atom. The molecule has 0 fully saturated rings. The topological polar surface area (TPSA) is 67.2 Å². The molecule has 1 heterocycles. The van der Waals surface area contributed by atoms with Crippen LogP contribution >= 0.6 is 0 Å². The van der Waals surface area contributed by atoms with Gasteiger partial charge in [0.25, 0.3) is 0 Å². The quantitative estimate of drug-likeness (QED) is 0.811. The first-order chi connectivity index (χ1) is 8.22. The highest BCUT2D eigenvalue weighted by Gasteiger charge is 2.17. The molecular weight excluding hydrogens is 218 g/mol. The molecule has 0 aliphatic rings. The van der Waals surface area contributed by atoms with Crippen molar-refractivity contribution >= 4 is 17.0 Å². The number of aliphatic carboxylic acids is 1. The largest absolute Gasteiger partial charge is 0.480 e. The van der Waals surface area contributed by atoms with Gasteiger partial charge in [0.2, 0.25) is 0 Å². The van der Waals surface area contributed by atoms with Gasteiger partial charge in [-0.2, -0.15) is 0 Å². The van der Waals surface area contributed by atoms with Gasteiger partial charge < -0.3 is 15.0 Å². The summed E-state index contributed by atoms with van der Waals surface area (Å²) >= 11 is 0. The van der Waals surface area contributed by atoms with Gasteiger partial charge in [-0.3, -0.25) is 4.79 Å². The number of para-hydroxylation sites is 2. The van der Waals surface area contributed by atoms with Crippen molar-refractivity contribution in [3.8, 4) is 0 Å². The third-order valence-electron chi connectivity index (χ3n) is 2.66. The number of aromatic nitrogens is 2. The lowest BCUT2D eigenvalue weighted by atomic mass is 10.2. The molecule has 5 heteroatoms. The van der Waals surface area contributed by atoms with Gasteiger partial charge in [-0.05, 0) is 18.7 Å². The van der Waals surface area contributed by atoms with Gasteiger partial charge in [0.1, 0.15) is 6.04 Å². The second kappa shape index (κ2) is 4.97. The molecule has 0 bridgehead atoms. The number of benzene rings is 1. The van der Waals surface area contributed by atoms with E-state index in [1.54, 1.807) is 6.33 Å². The molecular formula is C12H15N3O2. The number of carboxylic acid groups (broad SMARTS) is 1. The second-order valence-corrected chi connectivity index (χ2v) is 3.83. The van der Waals surface area contributed by atoms with E-state index in [0.717, 1.165) is 11.0 Å². The molecule has 1 unspecified atom stereocenters. The molecule has 1 aromatic carbocycles. The maximum absolute atomic E-state index is 11.1. The molecule has 2 N–H and O–H groups in total. The van der Waals surface area contributed by atoms with Crippen molar-refractivity contribution in [3.63, 3.8) is 0 Å². The summed E-state index contributed by atoms with van der Waals surface area (Å²) in [5.74, 6) is -0.843. The molecule has 2 aromatic rings. The van der Waals surface area contributed by atoms with Crippen LogP contribution in [0.1, 0.15) is 6.92 Å². The lowest BCUT2D eigenvalue weighted by molar-refractivity contribution is -0.139. The monoisotopic (exact) mass is 233 g/mol. The van der Waals surface area contributed by atoms with Gasteiger partial charge >= 0.3 is 5.97 Å².